The van der Waals surface area contributed by atoms with Crippen LogP contribution in [-0.4, -0.2) is 14.7 Å². The second-order valence-electron chi connectivity index (χ2n) is 4.18. The number of imidazole rings is 1. The van der Waals surface area contributed by atoms with Gasteiger partial charge in [-0.3, -0.25) is 0 Å². The maximum atomic E-state index is 13.6. The zero-order valence-corrected chi connectivity index (χ0v) is 10.3. The summed E-state index contributed by atoms with van der Waals surface area (Å²) in [6.45, 7) is 2.53. The van der Waals surface area contributed by atoms with Gasteiger partial charge >= 0.3 is 0 Å². The number of aliphatic hydroxyl groups is 1. The molecule has 2 rings (SSSR count). The highest BCUT2D eigenvalue weighted by atomic mass is 19.2. The molecule has 0 aliphatic rings. The Kier molecular flexibility index (Phi) is 3.90. The van der Waals surface area contributed by atoms with E-state index in [-0.39, 0.29) is 5.56 Å². The zero-order chi connectivity index (χ0) is 14.0. The molecule has 0 amide bonds. The van der Waals surface area contributed by atoms with Crippen LogP contribution in [0.2, 0.25) is 0 Å². The molecule has 0 saturated heterocycles. The predicted molar refractivity (Wildman–Crippen MR) is 62.9 cm³/mol. The Labute approximate surface area is 108 Å². The van der Waals surface area contributed by atoms with E-state index in [0.717, 1.165) is 18.6 Å². The molecule has 6 heteroatoms. The predicted octanol–water partition coefficient (Wildman–Crippen LogP) is 2.79. The summed E-state index contributed by atoms with van der Waals surface area (Å²) < 4.78 is 41.3. The van der Waals surface area contributed by atoms with Crippen LogP contribution < -0.4 is 0 Å². The summed E-state index contributed by atoms with van der Waals surface area (Å²) in [4.78, 5) is 3.87. The number of hydrogen-bond donors (Lipinski definition) is 1. The molecule has 1 aromatic heterocycles. The maximum Gasteiger partial charge on any atom is 0.194 e. The second kappa shape index (κ2) is 5.44. The highest BCUT2D eigenvalue weighted by Gasteiger charge is 2.22. The van der Waals surface area contributed by atoms with Crippen LogP contribution in [0, 0.1) is 17.5 Å². The molecule has 0 fully saturated rings. The Morgan fingerprint density at radius 1 is 1.26 bits per heavy atom. The van der Waals surface area contributed by atoms with E-state index in [1.807, 2.05) is 6.92 Å². The SMILES string of the molecule is CCCn1cncc1C(O)c1ccc(F)c(F)c1F. The van der Waals surface area contributed by atoms with E-state index >= 15 is 0 Å². The molecule has 0 aliphatic carbocycles. The van der Waals surface area contributed by atoms with Crippen molar-refractivity contribution < 1.29 is 18.3 Å². The fraction of sp³-hybridized carbons (Fsp3) is 0.308. The van der Waals surface area contributed by atoms with Crippen molar-refractivity contribution in [1.82, 2.24) is 9.55 Å². The fourth-order valence-electron chi connectivity index (χ4n) is 1.90. The van der Waals surface area contributed by atoms with Gasteiger partial charge in [0.15, 0.2) is 17.5 Å². The summed E-state index contributed by atoms with van der Waals surface area (Å²) in [6, 6.07) is 1.82. The summed E-state index contributed by atoms with van der Waals surface area (Å²) in [7, 11) is 0. The van der Waals surface area contributed by atoms with E-state index in [2.05, 4.69) is 4.98 Å². The summed E-state index contributed by atoms with van der Waals surface area (Å²) in [5.74, 6) is -4.25. The Bertz CT molecular complexity index is 583. The first kappa shape index (κ1) is 13.6. The third-order valence-corrected chi connectivity index (χ3v) is 2.85. The first-order chi connectivity index (χ1) is 9.06. The third kappa shape index (κ3) is 2.49. The van der Waals surface area contributed by atoms with Crippen molar-refractivity contribution in [2.24, 2.45) is 0 Å². The van der Waals surface area contributed by atoms with E-state index in [1.54, 1.807) is 4.57 Å². The Morgan fingerprint density at radius 3 is 2.68 bits per heavy atom. The molecule has 0 aliphatic heterocycles. The van der Waals surface area contributed by atoms with Crippen molar-refractivity contribution in [2.75, 3.05) is 0 Å². The molecule has 102 valence electrons. The zero-order valence-electron chi connectivity index (χ0n) is 10.3. The lowest BCUT2D eigenvalue weighted by Gasteiger charge is -2.14. The molecule has 19 heavy (non-hydrogen) atoms. The third-order valence-electron chi connectivity index (χ3n) is 2.85. The van der Waals surface area contributed by atoms with Crippen LogP contribution in [0.25, 0.3) is 0 Å². The molecule has 0 bridgehead atoms. The van der Waals surface area contributed by atoms with Crippen LogP contribution in [0.5, 0.6) is 0 Å². The minimum absolute atomic E-state index is 0.309. The van der Waals surface area contributed by atoms with E-state index < -0.39 is 23.6 Å². The molecule has 0 radical (unpaired) electrons. The number of benzene rings is 1. The Balaban J connectivity index is 2.41. The minimum atomic E-state index is -1.59. The van der Waals surface area contributed by atoms with Crippen LogP contribution in [0.3, 0.4) is 0 Å². The number of aliphatic hydroxyl groups excluding tert-OH is 1. The quantitative estimate of drug-likeness (QED) is 0.867. The number of halogens is 3. The smallest absolute Gasteiger partial charge is 0.194 e. The lowest BCUT2D eigenvalue weighted by Crippen LogP contribution is -2.11. The van der Waals surface area contributed by atoms with Crippen LogP contribution in [-0.2, 0) is 6.54 Å². The van der Waals surface area contributed by atoms with Crippen LogP contribution >= 0.6 is 0 Å². The minimum Gasteiger partial charge on any atom is -0.382 e. The van der Waals surface area contributed by atoms with Crippen molar-refractivity contribution >= 4 is 0 Å². The van der Waals surface area contributed by atoms with Crippen molar-refractivity contribution in [3.8, 4) is 0 Å². The Hall–Kier alpha value is -1.82. The van der Waals surface area contributed by atoms with Gasteiger partial charge in [0.2, 0.25) is 0 Å². The first-order valence-corrected chi connectivity index (χ1v) is 5.87. The number of rotatable bonds is 4. The van der Waals surface area contributed by atoms with E-state index in [9.17, 15) is 18.3 Å². The molecule has 3 nitrogen and oxygen atoms in total. The average Bonchev–Trinajstić information content (AvgIpc) is 2.84. The van der Waals surface area contributed by atoms with Crippen LogP contribution in [0.15, 0.2) is 24.7 Å². The summed E-state index contributed by atoms with van der Waals surface area (Å²) in [5.41, 5.74) is 0.0310. The molecule has 0 spiro atoms. The van der Waals surface area contributed by atoms with Gasteiger partial charge in [0.1, 0.15) is 6.10 Å². The van der Waals surface area contributed by atoms with Gasteiger partial charge in [0.25, 0.3) is 0 Å². The lowest BCUT2D eigenvalue weighted by molar-refractivity contribution is 0.202. The van der Waals surface area contributed by atoms with Gasteiger partial charge < -0.3 is 9.67 Å². The average molecular weight is 270 g/mol. The molecule has 1 aromatic carbocycles. The summed E-state index contributed by atoms with van der Waals surface area (Å²) in [5, 5.41) is 10.1. The van der Waals surface area contributed by atoms with Gasteiger partial charge in [-0.15, -0.1) is 0 Å². The van der Waals surface area contributed by atoms with Crippen molar-refractivity contribution in [3.63, 3.8) is 0 Å². The van der Waals surface area contributed by atoms with E-state index in [4.69, 9.17) is 0 Å². The normalized spacial score (nSPS) is 12.7. The second-order valence-corrected chi connectivity index (χ2v) is 4.18. The maximum absolute atomic E-state index is 13.6. The van der Waals surface area contributed by atoms with Gasteiger partial charge in [-0.25, -0.2) is 18.2 Å². The topological polar surface area (TPSA) is 38.0 Å². The number of aryl methyl sites for hydroxylation is 1. The van der Waals surface area contributed by atoms with Gasteiger partial charge in [-0.05, 0) is 18.6 Å². The molecular weight excluding hydrogens is 257 g/mol. The molecule has 1 unspecified atom stereocenters. The summed E-state index contributed by atoms with van der Waals surface area (Å²) >= 11 is 0. The van der Waals surface area contributed by atoms with Gasteiger partial charge in [-0.2, -0.15) is 0 Å². The fourth-order valence-corrected chi connectivity index (χ4v) is 1.90. The lowest BCUT2D eigenvalue weighted by atomic mass is 10.1. The van der Waals surface area contributed by atoms with Crippen molar-refractivity contribution in [1.29, 1.82) is 0 Å². The van der Waals surface area contributed by atoms with Gasteiger partial charge in [0.05, 0.1) is 18.2 Å². The number of nitrogens with zero attached hydrogens (tertiary/aromatic N) is 2. The molecule has 2 aromatic rings. The molecule has 1 atom stereocenters. The van der Waals surface area contributed by atoms with Crippen molar-refractivity contribution in [2.45, 2.75) is 26.0 Å². The monoisotopic (exact) mass is 270 g/mol. The molecular formula is C13H13F3N2O. The molecule has 0 saturated carbocycles. The first-order valence-electron chi connectivity index (χ1n) is 5.87. The van der Waals surface area contributed by atoms with E-state index in [1.165, 1.54) is 12.5 Å². The van der Waals surface area contributed by atoms with E-state index in [0.29, 0.717) is 12.2 Å². The van der Waals surface area contributed by atoms with Gasteiger partial charge in [0, 0.05) is 12.1 Å². The van der Waals surface area contributed by atoms with Crippen molar-refractivity contribution in [3.05, 3.63) is 53.4 Å². The largest absolute Gasteiger partial charge is 0.382 e. The molecule has 1 heterocycles. The number of aromatic nitrogens is 2. The highest BCUT2D eigenvalue weighted by molar-refractivity contribution is 5.28. The standard InChI is InChI=1S/C13H13F3N2O/c1-2-5-18-7-17-6-10(18)13(19)8-3-4-9(14)12(16)11(8)15/h3-4,6-7,13,19H,2,5H2,1H3. The van der Waals surface area contributed by atoms with Crippen LogP contribution in [0.1, 0.15) is 30.7 Å². The highest BCUT2D eigenvalue weighted by Crippen LogP contribution is 2.26. The Morgan fingerprint density at radius 2 is 2.00 bits per heavy atom. The van der Waals surface area contributed by atoms with Gasteiger partial charge in [-0.1, -0.05) is 6.92 Å². The molecule has 1 N–H and O–H groups in total. The number of hydrogen-bond acceptors (Lipinski definition) is 2. The van der Waals surface area contributed by atoms with Crippen LogP contribution in [0.4, 0.5) is 13.2 Å². The summed E-state index contributed by atoms with van der Waals surface area (Å²) in [6.07, 6.45) is 2.29.